The summed E-state index contributed by atoms with van der Waals surface area (Å²) >= 11 is 0. The fourth-order valence-electron chi connectivity index (χ4n) is 3.78. The SMILES string of the molecule is Cc1ccc(N2C[C@@H](C)Cn3c2nc2c3c(=O)n(CC(=O)NN)c(=O)n2C)cc1. The maximum Gasteiger partial charge on any atom is 0.332 e. The molecule has 0 saturated heterocycles. The van der Waals surface area contributed by atoms with Gasteiger partial charge < -0.3 is 9.47 Å². The van der Waals surface area contributed by atoms with Crippen molar-refractivity contribution in [2.24, 2.45) is 18.8 Å². The van der Waals surface area contributed by atoms with Crippen LogP contribution in [-0.4, -0.2) is 31.1 Å². The molecule has 0 radical (unpaired) electrons. The molecule has 1 aliphatic rings. The summed E-state index contributed by atoms with van der Waals surface area (Å²) in [6, 6.07) is 8.07. The summed E-state index contributed by atoms with van der Waals surface area (Å²) in [4.78, 5) is 44.2. The number of fused-ring (bicyclic) bond motifs is 3. The molecule has 0 bridgehead atoms. The summed E-state index contributed by atoms with van der Waals surface area (Å²) in [5, 5.41) is 0. The van der Waals surface area contributed by atoms with Gasteiger partial charge in [-0.3, -0.25) is 19.6 Å². The van der Waals surface area contributed by atoms with E-state index in [9.17, 15) is 14.4 Å². The van der Waals surface area contributed by atoms with E-state index in [0.717, 1.165) is 22.4 Å². The predicted octanol–water partition coefficient (Wildman–Crippen LogP) is -0.0172. The molecule has 10 nitrogen and oxygen atoms in total. The number of hydrogen-bond acceptors (Lipinski definition) is 6. The maximum atomic E-state index is 13.1. The van der Waals surface area contributed by atoms with Crippen molar-refractivity contribution in [2.45, 2.75) is 26.9 Å². The van der Waals surface area contributed by atoms with Gasteiger partial charge in [-0.05, 0) is 25.0 Å². The van der Waals surface area contributed by atoms with Crippen LogP contribution >= 0.6 is 0 Å². The number of hydrogen-bond donors (Lipinski definition) is 2. The van der Waals surface area contributed by atoms with Gasteiger partial charge in [0.05, 0.1) is 0 Å². The third kappa shape index (κ3) is 3.01. The second kappa shape index (κ2) is 6.89. The molecular weight excluding hydrogens is 374 g/mol. The summed E-state index contributed by atoms with van der Waals surface area (Å²) in [7, 11) is 1.54. The van der Waals surface area contributed by atoms with Gasteiger partial charge in [-0.15, -0.1) is 0 Å². The van der Waals surface area contributed by atoms with E-state index in [2.05, 4.69) is 16.8 Å². The first-order valence-corrected chi connectivity index (χ1v) is 9.35. The van der Waals surface area contributed by atoms with Gasteiger partial charge in [-0.2, -0.15) is 4.98 Å². The fraction of sp³-hybridized carbons (Fsp3) is 0.368. The maximum absolute atomic E-state index is 13.1. The predicted molar refractivity (Wildman–Crippen MR) is 109 cm³/mol. The number of rotatable bonds is 3. The quantitative estimate of drug-likeness (QED) is 0.364. The highest BCUT2D eigenvalue weighted by Crippen LogP contribution is 2.32. The number of aromatic nitrogens is 4. The monoisotopic (exact) mass is 397 g/mol. The summed E-state index contributed by atoms with van der Waals surface area (Å²) in [5.41, 5.74) is 3.50. The second-order valence-corrected chi connectivity index (χ2v) is 7.55. The minimum Gasteiger partial charge on any atom is -0.312 e. The van der Waals surface area contributed by atoms with E-state index < -0.39 is 23.7 Å². The molecule has 1 aromatic carbocycles. The van der Waals surface area contributed by atoms with E-state index in [4.69, 9.17) is 5.84 Å². The number of carbonyl (C=O) groups excluding carboxylic acids is 1. The molecule has 1 amide bonds. The minimum absolute atomic E-state index is 0.249. The molecule has 3 heterocycles. The Balaban J connectivity index is 1.97. The number of aryl methyl sites for hydroxylation is 2. The van der Waals surface area contributed by atoms with Crippen molar-refractivity contribution in [3.63, 3.8) is 0 Å². The molecule has 1 aliphatic heterocycles. The van der Waals surface area contributed by atoms with Gasteiger partial charge >= 0.3 is 5.69 Å². The zero-order valence-corrected chi connectivity index (χ0v) is 16.5. The summed E-state index contributed by atoms with van der Waals surface area (Å²) in [6.45, 7) is 5.00. The normalized spacial score (nSPS) is 16.1. The van der Waals surface area contributed by atoms with Crippen LogP contribution in [0, 0.1) is 12.8 Å². The molecule has 3 aromatic rings. The van der Waals surface area contributed by atoms with E-state index >= 15 is 0 Å². The van der Waals surface area contributed by atoms with Crippen molar-refractivity contribution in [1.29, 1.82) is 0 Å². The molecule has 4 rings (SSSR count). The van der Waals surface area contributed by atoms with Crippen molar-refractivity contribution in [3.8, 4) is 0 Å². The zero-order chi connectivity index (χ0) is 20.9. The summed E-state index contributed by atoms with van der Waals surface area (Å²) in [5.74, 6) is 5.35. The molecule has 2 aromatic heterocycles. The molecule has 0 saturated carbocycles. The van der Waals surface area contributed by atoms with Crippen molar-refractivity contribution in [1.82, 2.24) is 24.1 Å². The first-order chi connectivity index (χ1) is 13.8. The van der Waals surface area contributed by atoms with Gasteiger partial charge in [0, 0.05) is 25.8 Å². The number of nitrogens with zero attached hydrogens (tertiary/aromatic N) is 5. The Morgan fingerprint density at radius 1 is 1.24 bits per heavy atom. The lowest BCUT2D eigenvalue weighted by atomic mass is 10.1. The van der Waals surface area contributed by atoms with Gasteiger partial charge in [0.25, 0.3) is 11.5 Å². The molecule has 1 atom stereocenters. The average Bonchev–Trinajstić information content (AvgIpc) is 3.09. The molecule has 0 spiro atoms. The molecular formula is C19H23N7O3. The number of hydrazine groups is 1. The van der Waals surface area contributed by atoms with Crippen molar-refractivity contribution < 1.29 is 4.79 Å². The Labute approximate surface area is 166 Å². The van der Waals surface area contributed by atoms with Crippen molar-refractivity contribution in [2.75, 3.05) is 11.4 Å². The second-order valence-electron chi connectivity index (χ2n) is 7.55. The number of nitrogens with two attached hydrogens (primary N) is 1. The van der Waals surface area contributed by atoms with Crippen LogP contribution in [0.3, 0.4) is 0 Å². The van der Waals surface area contributed by atoms with Gasteiger partial charge in [0.15, 0.2) is 11.2 Å². The van der Waals surface area contributed by atoms with E-state index in [-0.39, 0.29) is 5.92 Å². The Bertz CT molecular complexity index is 1220. The third-order valence-electron chi connectivity index (χ3n) is 5.25. The smallest absolute Gasteiger partial charge is 0.312 e. The summed E-state index contributed by atoms with van der Waals surface area (Å²) in [6.07, 6.45) is 0. The average molecular weight is 397 g/mol. The van der Waals surface area contributed by atoms with E-state index in [1.807, 2.05) is 41.2 Å². The van der Waals surface area contributed by atoms with Crippen LogP contribution in [0.15, 0.2) is 33.9 Å². The van der Waals surface area contributed by atoms with Crippen LogP contribution < -0.4 is 27.4 Å². The number of nitrogens with one attached hydrogen (secondary N) is 1. The van der Waals surface area contributed by atoms with Crippen LogP contribution in [0.2, 0.25) is 0 Å². The van der Waals surface area contributed by atoms with Gasteiger partial charge in [-0.25, -0.2) is 15.2 Å². The van der Waals surface area contributed by atoms with E-state index in [1.54, 1.807) is 7.05 Å². The number of carbonyl (C=O) groups is 1. The van der Waals surface area contributed by atoms with Gasteiger partial charge in [0.1, 0.15) is 6.54 Å². The Hall–Kier alpha value is -3.40. The lowest BCUT2D eigenvalue weighted by Crippen LogP contribution is -2.45. The summed E-state index contributed by atoms with van der Waals surface area (Å²) < 4.78 is 4.01. The van der Waals surface area contributed by atoms with Gasteiger partial charge in [0.2, 0.25) is 5.95 Å². The molecule has 0 aliphatic carbocycles. The standard InChI is InChI=1S/C19H23N7O3/c1-11-4-6-13(7-5-11)24-8-12(2)9-25-15-16(21-18(24)25)23(3)19(29)26(17(15)28)10-14(27)22-20/h4-7,12H,8-10,20H2,1-3H3,(H,22,27)/t12-/m1/s1. The lowest BCUT2D eigenvalue weighted by molar-refractivity contribution is -0.121. The Morgan fingerprint density at radius 3 is 2.59 bits per heavy atom. The number of benzene rings is 1. The molecule has 0 fully saturated rings. The van der Waals surface area contributed by atoms with Crippen LogP contribution in [0.5, 0.6) is 0 Å². The Morgan fingerprint density at radius 2 is 1.93 bits per heavy atom. The van der Waals surface area contributed by atoms with Gasteiger partial charge in [-0.1, -0.05) is 24.6 Å². The number of anilines is 2. The van der Waals surface area contributed by atoms with E-state index in [1.165, 1.54) is 4.57 Å². The zero-order valence-electron chi connectivity index (χ0n) is 16.5. The van der Waals surface area contributed by atoms with Crippen molar-refractivity contribution in [3.05, 3.63) is 50.7 Å². The molecule has 3 N–H and O–H groups in total. The number of imidazole rings is 1. The Kier molecular flexibility index (Phi) is 4.50. The lowest BCUT2D eigenvalue weighted by Gasteiger charge is -2.33. The largest absolute Gasteiger partial charge is 0.332 e. The molecule has 10 heteroatoms. The first-order valence-electron chi connectivity index (χ1n) is 9.35. The topological polar surface area (TPSA) is 120 Å². The van der Waals surface area contributed by atoms with Crippen LogP contribution in [0.1, 0.15) is 12.5 Å². The fourth-order valence-corrected chi connectivity index (χ4v) is 3.78. The van der Waals surface area contributed by atoms with Crippen LogP contribution in [0.25, 0.3) is 11.2 Å². The van der Waals surface area contributed by atoms with E-state index in [0.29, 0.717) is 23.7 Å². The molecule has 0 unspecified atom stereocenters. The van der Waals surface area contributed by atoms with Crippen molar-refractivity contribution >= 4 is 28.7 Å². The first kappa shape index (κ1) is 18.9. The molecule has 152 valence electrons. The highest BCUT2D eigenvalue weighted by molar-refractivity contribution is 5.78. The minimum atomic E-state index is -0.628. The van der Waals surface area contributed by atoms with Crippen LogP contribution in [-0.2, 0) is 24.9 Å². The highest BCUT2D eigenvalue weighted by atomic mass is 16.2. The van der Waals surface area contributed by atoms with Crippen LogP contribution in [0.4, 0.5) is 11.6 Å². The third-order valence-corrected chi connectivity index (χ3v) is 5.25. The molecule has 29 heavy (non-hydrogen) atoms. The number of amides is 1. The highest BCUT2D eigenvalue weighted by Gasteiger charge is 2.30.